The average molecular weight is 362 g/mol. The lowest BCUT2D eigenvalue weighted by atomic mass is 10.0. The highest BCUT2D eigenvalue weighted by atomic mass is 16.1. The summed E-state index contributed by atoms with van der Waals surface area (Å²) >= 11 is 0. The summed E-state index contributed by atoms with van der Waals surface area (Å²) in [5.41, 5.74) is 8.81. The van der Waals surface area contributed by atoms with Crippen molar-refractivity contribution in [2.24, 2.45) is 5.73 Å². The Hall–Kier alpha value is -3.06. The third kappa shape index (κ3) is 3.59. The van der Waals surface area contributed by atoms with Crippen LogP contribution in [0.25, 0.3) is 11.0 Å². The predicted molar refractivity (Wildman–Crippen MR) is 104 cm³/mol. The molecular weight excluding hydrogens is 340 g/mol. The lowest BCUT2D eigenvalue weighted by Gasteiger charge is -2.38. The molecule has 3 heterocycles. The number of anilines is 1. The SMILES string of the molecule is CC(c1ccc2nccnc2c1)N1CCN(c2ccc(C(N)=O)cn2)CC1. The van der Waals surface area contributed by atoms with Crippen LogP contribution in [0, 0.1) is 0 Å². The van der Waals surface area contributed by atoms with E-state index in [-0.39, 0.29) is 0 Å². The van der Waals surface area contributed by atoms with Gasteiger partial charge in [0.15, 0.2) is 0 Å². The van der Waals surface area contributed by atoms with E-state index in [1.54, 1.807) is 24.7 Å². The highest BCUT2D eigenvalue weighted by molar-refractivity contribution is 5.92. The second kappa shape index (κ2) is 7.28. The smallest absolute Gasteiger partial charge is 0.250 e. The molecule has 1 unspecified atom stereocenters. The highest BCUT2D eigenvalue weighted by Crippen LogP contribution is 2.25. The number of hydrogen-bond donors (Lipinski definition) is 1. The largest absolute Gasteiger partial charge is 0.366 e. The summed E-state index contributed by atoms with van der Waals surface area (Å²) < 4.78 is 0. The highest BCUT2D eigenvalue weighted by Gasteiger charge is 2.23. The van der Waals surface area contributed by atoms with Crippen LogP contribution in [0.1, 0.15) is 28.9 Å². The number of primary amides is 1. The molecule has 1 aliphatic rings. The molecule has 27 heavy (non-hydrogen) atoms. The molecule has 2 N–H and O–H groups in total. The van der Waals surface area contributed by atoms with Gasteiger partial charge in [0.2, 0.25) is 5.91 Å². The number of hydrogen-bond acceptors (Lipinski definition) is 6. The number of nitrogens with zero attached hydrogens (tertiary/aromatic N) is 5. The Morgan fingerprint density at radius 1 is 1.00 bits per heavy atom. The molecule has 7 heteroatoms. The second-order valence-electron chi connectivity index (χ2n) is 6.77. The summed E-state index contributed by atoms with van der Waals surface area (Å²) in [5.74, 6) is 0.432. The minimum Gasteiger partial charge on any atom is -0.366 e. The molecule has 1 aromatic carbocycles. The summed E-state index contributed by atoms with van der Waals surface area (Å²) in [5, 5.41) is 0. The number of amides is 1. The van der Waals surface area contributed by atoms with Gasteiger partial charge in [0, 0.05) is 50.8 Å². The molecule has 1 aliphatic heterocycles. The van der Waals surface area contributed by atoms with E-state index in [2.05, 4.69) is 43.8 Å². The number of piperazine rings is 1. The summed E-state index contributed by atoms with van der Waals surface area (Å²) in [7, 11) is 0. The molecule has 0 bridgehead atoms. The van der Waals surface area contributed by atoms with Crippen molar-refractivity contribution >= 4 is 22.8 Å². The second-order valence-corrected chi connectivity index (χ2v) is 6.77. The maximum Gasteiger partial charge on any atom is 0.250 e. The summed E-state index contributed by atoms with van der Waals surface area (Å²) in [6.45, 7) is 5.90. The quantitative estimate of drug-likeness (QED) is 0.764. The van der Waals surface area contributed by atoms with E-state index in [0.717, 1.165) is 43.0 Å². The Morgan fingerprint density at radius 2 is 1.74 bits per heavy atom. The van der Waals surface area contributed by atoms with Gasteiger partial charge in [-0.05, 0) is 36.8 Å². The molecule has 3 aromatic rings. The summed E-state index contributed by atoms with van der Waals surface area (Å²) in [6, 6.07) is 10.2. The van der Waals surface area contributed by atoms with E-state index in [1.165, 1.54) is 5.56 Å². The zero-order valence-corrected chi connectivity index (χ0v) is 15.2. The van der Waals surface area contributed by atoms with Crippen molar-refractivity contribution in [1.29, 1.82) is 0 Å². The van der Waals surface area contributed by atoms with Crippen LogP contribution in [0.15, 0.2) is 48.9 Å². The van der Waals surface area contributed by atoms with Crippen LogP contribution in [-0.2, 0) is 0 Å². The van der Waals surface area contributed by atoms with Crippen LogP contribution in [0.2, 0.25) is 0 Å². The average Bonchev–Trinajstić information content (AvgIpc) is 2.73. The fourth-order valence-electron chi connectivity index (χ4n) is 3.51. The van der Waals surface area contributed by atoms with E-state index in [0.29, 0.717) is 11.6 Å². The van der Waals surface area contributed by atoms with Crippen LogP contribution in [-0.4, -0.2) is 51.9 Å². The van der Waals surface area contributed by atoms with Crippen LogP contribution in [0.4, 0.5) is 5.82 Å². The number of benzene rings is 1. The van der Waals surface area contributed by atoms with Crippen molar-refractivity contribution in [2.75, 3.05) is 31.1 Å². The monoisotopic (exact) mass is 362 g/mol. The number of carbonyl (C=O) groups is 1. The summed E-state index contributed by atoms with van der Waals surface area (Å²) in [4.78, 5) is 29.0. The summed E-state index contributed by atoms with van der Waals surface area (Å²) in [6.07, 6.45) is 4.99. The number of aromatic nitrogens is 3. The fourth-order valence-corrected chi connectivity index (χ4v) is 3.51. The number of fused-ring (bicyclic) bond motifs is 1. The molecule has 0 saturated carbocycles. The van der Waals surface area contributed by atoms with Gasteiger partial charge in [0.25, 0.3) is 0 Å². The molecule has 1 amide bonds. The molecule has 1 fully saturated rings. The molecule has 0 radical (unpaired) electrons. The predicted octanol–water partition coefficient (Wildman–Crippen LogP) is 2.01. The molecule has 7 nitrogen and oxygen atoms in total. The molecule has 4 rings (SSSR count). The van der Waals surface area contributed by atoms with Gasteiger partial charge in [-0.3, -0.25) is 19.7 Å². The van der Waals surface area contributed by atoms with E-state index < -0.39 is 5.91 Å². The zero-order chi connectivity index (χ0) is 18.8. The van der Waals surface area contributed by atoms with Gasteiger partial charge in [-0.1, -0.05) is 6.07 Å². The van der Waals surface area contributed by atoms with Crippen LogP contribution in [0.3, 0.4) is 0 Å². The van der Waals surface area contributed by atoms with Crippen molar-refractivity contribution in [3.05, 3.63) is 60.0 Å². The van der Waals surface area contributed by atoms with Crippen molar-refractivity contribution < 1.29 is 4.79 Å². The first-order valence-electron chi connectivity index (χ1n) is 9.07. The Morgan fingerprint density at radius 3 is 2.41 bits per heavy atom. The fraction of sp³-hybridized carbons (Fsp3) is 0.300. The zero-order valence-electron chi connectivity index (χ0n) is 15.2. The van der Waals surface area contributed by atoms with E-state index >= 15 is 0 Å². The van der Waals surface area contributed by atoms with Gasteiger partial charge in [-0.15, -0.1) is 0 Å². The van der Waals surface area contributed by atoms with E-state index in [9.17, 15) is 4.79 Å². The standard InChI is InChI=1S/C20H22N6O/c1-14(15-2-4-17-18(12-15)23-7-6-22-17)25-8-10-26(11-9-25)19-5-3-16(13-24-19)20(21)27/h2-7,12-14H,8-11H2,1H3,(H2,21,27). The van der Waals surface area contributed by atoms with Gasteiger partial charge in [0.05, 0.1) is 16.6 Å². The molecular formula is C20H22N6O. The molecule has 1 saturated heterocycles. The molecule has 0 aliphatic carbocycles. The molecule has 0 spiro atoms. The van der Waals surface area contributed by atoms with E-state index in [1.807, 2.05) is 12.1 Å². The van der Waals surface area contributed by atoms with Gasteiger partial charge in [0.1, 0.15) is 5.82 Å². The van der Waals surface area contributed by atoms with Crippen LogP contribution >= 0.6 is 0 Å². The van der Waals surface area contributed by atoms with Crippen molar-refractivity contribution in [3.63, 3.8) is 0 Å². The molecule has 2 aromatic heterocycles. The van der Waals surface area contributed by atoms with Crippen LogP contribution in [0.5, 0.6) is 0 Å². The number of rotatable bonds is 4. The van der Waals surface area contributed by atoms with Gasteiger partial charge < -0.3 is 10.6 Å². The maximum absolute atomic E-state index is 11.2. The lowest BCUT2D eigenvalue weighted by Crippen LogP contribution is -2.47. The minimum atomic E-state index is -0.451. The first-order valence-corrected chi connectivity index (χ1v) is 9.07. The Bertz CT molecular complexity index is 950. The van der Waals surface area contributed by atoms with E-state index in [4.69, 9.17) is 5.73 Å². The first kappa shape index (κ1) is 17.4. The van der Waals surface area contributed by atoms with Crippen molar-refractivity contribution in [3.8, 4) is 0 Å². The third-order valence-corrected chi connectivity index (χ3v) is 5.19. The molecule has 138 valence electrons. The first-order chi connectivity index (χ1) is 13.1. The van der Waals surface area contributed by atoms with Gasteiger partial charge >= 0.3 is 0 Å². The topological polar surface area (TPSA) is 88.2 Å². The van der Waals surface area contributed by atoms with Crippen molar-refractivity contribution in [2.45, 2.75) is 13.0 Å². The minimum absolute atomic E-state index is 0.309. The lowest BCUT2D eigenvalue weighted by molar-refractivity contribution is 0.1000. The Labute approximate surface area is 157 Å². The normalized spacial score (nSPS) is 16.4. The van der Waals surface area contributed by atoms with Gasteiger partial charge in [-0.25, -0.2) is 4.98 Å². The molecule has 1 atom stereocenters. The maximum atomic E-state index is 11.2. The number of nitrogens with two attached hydrogens (primary N) is 1. The van der Waals surface area contributed by atoms with Crippen molar-refractivity contribution in [1.82, 2.24) is 19.9 Å². The Balaban J connectivity index is 1.42. The van der Waals surface area contributed by atoms with Crippen LogP contribution < -0.4 is 10.6 Å². The number of carbonyl (C=O) groups excluding carboxylic acids is 1. The number of pyridine rings is 1. The Kier molecular flexibility index (Phi) is 4.68. The third-order valence-electron chi connectivity index (χ3n) is 5.19. The van der Waals surface area contributed by atoms with Gasteiger partial charge in [-0.2, -0.15) is 0 Å².